The Hall–Kier alpha value is -1.61. The molecule has 3 unspecified atom stereocenters. The number of aliphatic hydroxyl groups is 1. The van der Waals surface area contributed by atoms with Crippen LogP contribution in [0.15, 0.2) is 46.6 Å². The molecule has 0 heterocycles. The van der Waals surface area contributed by atoms with Gasteiger partial charge in [0, 0.05) is 11.5 Å². The van der Waals surface area contributed by atoms with Crippen molar-refractivity contribution in [3.8, 4) is 0 Å². The summed E-state index contributed by atoms with van der Waals surface area (Å²) in [7, 11) is 0. The Morgan fingerprint density at radius 2 is 2.22 bits per heavy atom. The van der Waals surface area contributed by atoms with Crippen LogP contribution in [0.4, 0.5) is 0 Å². The predicted octanol–water partition coefficient (Wildman–Crippen LogP) is 1.38. The number of hydrogen-bond acceptors (Lipinski definition) is 2. The topological polar surface area (TPSA) is 49.3 Å². The van der Waals surface area contributed by atoms with Crippen molar-refractivity contribution >= 4 is 5.91 Å². The van der Waals surface area contributed by atoms with Gasteiger partial charge in [-0.25, -0.2) is 0 Å². The molecule has 2 N–H and O–H groups in total. The van der Waals surface area contributed by atoms with Crippen LogP contribution in [-0.4, -0.2) is 23.2 Å². The van der Waals surface area contributed by atoms with Gasteiger partial charge in [0.05, 0.1) is 12.1 Å². The van der Waals surface area contributed by atoms with Gasteiger partial charge in [0.15, 0.2) is 0 Å². The maximum absolute atomic E-state index is 12.2. The lowest BCUT2D eigenvalue weighted by Gasteiger charge is -2.17. The molecule has 0 bridgehead atoms. The fraction of sp³-hybridized carbons (Fsp3) is 0.400. The van der Waals surface area contributed by atoms with Crippen LogP contribution in [-0.2, 0) is 4.79 Å². The molecule has 1 amide bonds. The molecule has 3 atom stereocenters. The Kier molecular flexibility index (Phi) is 1.98. The fourth-order valence-corrected chi connectivity index (χ4v) is 3.21. The number of rotatable bonds is 2. The van der Waals surface area contributed by atoms with E-state index in [1.807, 2.05) is 12.2 Å². The van der Waals surface area contributed by atoms with Crippen LogP contribution >= 0.6 is 0 Å². The fourth-order valence-electron chi connectivity index (χ4n) is 3.21. The molecular formula is C15H15NO2. The molecule has 0 radical (unpaired) electrons. The van der Waals surface area contributed by atoms with E-state index in [1.165, 1.54) is 11.1 Å². The Labute approximate surface area is 106 Å². The summed E-state index contributed by atoms with van der Waals surface area (Å²) < 4.78 is 0. The number of nitrogens with one attached hydrogen (secondary N) is 1. The maximum Gasteiger partial charge on any atom is 0.252 e. The normalized spacial score (nSPS) is 35.3. The van der Waals surface area contributed by atoms with Gasteiger partial charge in [0.25, 0.3) is 5.91 Å². The highest BCUT2D eigenvalue weighted by Crippen LogP contribution is 2.51. The van der Waals surface area contributed by atoms with Gasteiger partial charge < -0.3 is 10.4 Å². The summed E-state index contributed by atoms with van der Waals surface area (Å²) in [6, 6.07) is -0.0711. The third kappa shape index (κ3) is 1.37. The molecule has 1 saturated carbocycles. The van der Waals surface area contributed by atoms with Crippen molar-refractivity contribution < 1.29 is 9.90 Å². The standard InChI is InChI=1S/C15H15NO2/c17-14-3-1-2-13(14)16-15(18)10-5-4-9-11-6-8(11)7-12(9)10/h4-7,11,13-14,17H,1-3H2,(H,16,18). The molecule has 0 aromatic carbocycles. The van der Waals surface area contributed by atoms with Crippen LogP contribution in [0, 0.1) is 5.92 Å². The van der Waals surface area contributed by atoms with Gasteiger partial charge in [-0.3, -0.25) is 4.79 Å². The van der Waals surface area contributed by atoms with E-state index in [0.29, 0.717) is 5.92 Å². The molecule has 1 fully saturated rings. The minimum absolute atomic E-state index is 0.0413. The van der Waals surface area contributed by atoms with Crippen LogP contribution < -0.4 is 5.32 Å². The van der Waals surface area contributed by atoms with Gasteiger partial charge in [0.2, 0.25) is 0 Å². The highest BCUT2D eigenvalue weighted by atomic mass is 16.3. The molecule has 4 rings (SSSR count). The van der Waals surface area contributed by atoms with Crippen molar-refractivity contribution in [2.24, 2.45) is 5.92 Å². The van der Waals surface area contributed by atoms with Crippen LogP contribution in [0.25, 0.3) is 0 Å². The Morgan fingerprint density at radius 3 is 3.00 bits per heavy atom. The van der Waals surface area contributed by atoms with Gasteiger partial charge in [-0.15, -0.1) is 0 Å². The van der Waals surface area contributed by atoms with Crippen molar-refractivity contribution in [1.29, 1.82) is 0 Å². The Balaban J connectivity index is 1.50. The number of carbonyl (C=O) groups excluding carboxylic acids is 1. The Bertz CT molecular complexity index is 565. The molecule has 0 saturated heterocycles. The summed E-state index contributed by atoms with van der Waals surface area (Å²) >= 11 is 0. The monoisotopic (exact) mass is 241 g/mol. The summed E-state index contributed by atoms with van der Waals surface area (Å²) in [6.45, 7) is 0. The molecule has 3 nitrogen and oxygen atoms in total. The molecular weight excluding hydrogens is 226 g/mol. The van der Waals surface area contributed by atoms with Gasteiger partial charge in [-0.2, -0.15) is 0 Å². The third-order valence-electron chi connectivity index (χ3n) is 4.33. The van der Waals surface area contributed by atoms with Gasteiger partial charge in [-0.05, 0) is 48.1 Å². The molecule has 18 heavy (non-hydrogen) atoms. The van der Waals surface area contributed by atoms with Gasteiger partial charge in [-0.1, -0.05) is 12.2 Å². The second-order valence-corrected chi connectivity index (χ2v) is 5.48. The van der Waals surface area contributed by atoms with Crippen LogP contribution in [0.3, 0.4) is 0 Å². The van der Waals surface area contributed by atoms with E-state index in [9.17, 15) is 9.90 Å². The Morgan fingerprint density at radius 1 is 1.33 bits per heavy atom. The predicted molar refractivity (Wildman–Crippen MR) is 67.6 cm³/mol. The van der Waals surface area contributed by atoms with E-state index in [1.54, 1.807) is 0 Å². The van der Waals surface area contributed by atoms with Crippen molar-refractivity contribution in [3.05, 3.63) is 46.6 Å². The number of aliphatic hydroxyl groups excluding tert-OH is 1. The van der Waals surface area contributed by atoms with E-state index in [2.05, 4.69) is 17.5 Å². The molecule has 0 aromatic heterocycles. The summed E-state index contributed by atoms with van der Waals surface area (Å²) in [6.07, 6.45) is 10.6. The van der Waals surface area contributed by atoms with Crippen LogP contribution in [0.2, 0.25) is 0 Å². The molecule has 4 aliphatic carbocycles. The largest absolute Gasteiger partial charge is 0.391 e. The zero-order chi connectivity index (χ0) is 12.3. The van der Waals surface area contributed by atoms with Gasteiger partial charge in [0.1, 0.15) is 0 Å². The van der Waals surface area contributed by atoms with E-state index in [0.717, 1.165) is 30.4 Å². The van der Waals surface area contributed by atoms with E-state index in [-0.39, 0.29) is 18.1 Å². The summed E-state index contributed by atoms with van der Waals surface area (Å²) in [5.41, 5.74) is 4.46. The van der Waals surface area contributed by atoms with Crippen molar-refractivity contribution in [1.82, 2.24) is 5.32 Å². The highest BCUT2D eigenvalue weighted by molar-refractivity contribution is 6.02. The molecule has 3 heteroatoms. The average Bonchev–Trinajstić information content (AvgIpc) is 2.72. The summed E-state index contributed by atoms with van der Waals surface area (Å²) in [5.74, 6) is 0.443. The SMILES string of the molecule is O=C(NC1CCCC1O)C1=CC=C2C1=CC1=CC12. The zero-order valence-electron chi connectivity index (χ0n) is 10.0. The van der Waals surface area contributed by atoms with Crippen molar-refractivity contribution in [2.45, 2.75) is 31.4 Å². The minimum atomic E-state index is -0.378. The lowest BCUT2D eigenvalue weighted by molar-refractivity contribution is -0.118. The van der Waals surface area contributed by atoms with Crippen LogP contribution in [0.1, 0.15) is 19.3 Å². The molecule has 0 aromatic rings. The number of amides is 1. The van der Waals surface area contributed by atoms with E-state index >= 15 is 0 Å². The lowest BCUT2D eigenvalue weighted by Crippen LogP contribution is -2.40. The van der Waals surface area contributed by atoms with Crippen molar-refractivity contribution in [2.75, 3.05) is 0 Å². The lowest BCUT2D eigenvalue weighted by atomic mass is 10.0. The third-order valence-corrected chi connectivity index (χ3v) is 4.33. The highest BCUT2D eigenvalue weighted by Gasteiger charge is 2.40. The maximum atomic E-state index is 12.2. The smallest absolute Gasteiger partial charge is 0.252 e. The quantitative estimate of drug-likeness (QED) is 0.767. The summed E-state index contributed by atoms with van der Waals surface area (Å²) in [5, 5.41) is 12.7. The molecule has 92 valence electrons. The average molecular weight is 241 g/mol. The first kappa shape index (κ1) is 10.3. The first-order valence-corrected chi connectivity index (χ1v) is 6.59. The van der Waals surface area contributed by atoms with Crippen LogP contribution in [0.5, 0.6) is 0 Å². The van der Waals surface area contributed by atoms with E-state index in [4.69, 9.17) is 0 Å². The minimum Gasteiger partial charge on any atom is -0.391 e. The number of hydrogen-bond donors (Lipinski definition) is 2. The number of allylic oxidation sites excluding steroid dienone is 6. The summed E-state index contributed by atoms with van der Waals surface area (Å²) in [4.78, 5) is 12.2. The van der Waals surface area contributed by atoms with Gasteiger partial charge >= 0.3 is 0 Å². The second-order valence-electron chi connectivity index (χ2n) is 5.48. The van der Waals surface area contributed by atoms with Crippen molar-refractivity contribution in [3.63, 3.8) is 0 Å². The number of fused-ring (bicyclic) bond motifs is 3. The molecule has 0 spiro atoms. The number of carbonyl (C=O) groups is 1. The van der Waals surface area contributed by atoms with E-state index < -0.39 is 0 Å². The first-order valence-electron chi connectivity index (χ1n) is 6.59. The second kappa shape index (κ2) is 3.45. The zero-order valence-corrected chi connectivity index (χ0v) is 10.0. The molecule has 0 aliphatic heterocycles. The first-order chi connectivity index (χ1) is 8.74. The molecule has 4 aliphatic rings.